The van der Waals surface area contributed by atoms with Crippen molar-refractivity contribution in [1.82, 2.24) is 0 Å². The molecule has 1 aliphatic heterocycles. The maximum Gasteiger partial charge on any atom is 0.264 e. The predicted octanol–water partition coefficient (Wildman–Crippen LogP) is 3.44. The number of thiophene rings is 1. The Morgan fingerprint density at radius 2 is 2.04 bits per heavy atom. The Bertz CT molecular complexity index is 875. The van der Waals surface area contributed by atoms with Crippen LogP contribution in [0, 0.1) is 0 Å². The molecule has 9 heteroatoms. The fourth-order valence-corrected chi connectivity index (χ4v) is 4.53. The molecule has 1 unspecified atom stereocenters. The van der Waals surface area contributed by atoms with Crippen LogP contribution in [0.25, 0.3) is 0 Å². The van der Waals surface area contributed by atoms with Crippen LogP contribution in [-0.2, 0) is 29.4 Å². The van der Waals surface area contributed by atoms with Crippen molar-refractivity contribution in [2.75, 3.05) is 26.1 Å². The summed E-state index contributed by atoms with van der Waals surface area (Å²) >= 11 is 7.56. The smallest absolute Gasteiger partial charge is 0.264 e. The molecule has 2 heterocycles. The van der Waals surface area contributed by atoms with E-state index in [1.165, 1.54) is 11.3 Å². The second-order valence-electron chi connectivity index (χ2n) is 6.31. The minimum atomic E-state index is -3.52. The maximum absolute atomic E-state index is 11.5. The van der Waals surface area contributed by atoms with E-state index in [2.05, 4.69) is 0 Å². The van der Waals surface area contributed by atoms with Crippen LogP contribution >= 0.6 is 22.9 Å². The Morgan fingerprint density at radius 3 is 2.70 bits per heavy atom. The largest absolute Gasteiger partial charge is 0.380 e. The third kappa shape index (κ3) is 5.29. The molecule has 1 aromatic heterocycles. The molecule has 1 saturated heterocycles. The average Bonchev–Trinajstić information content (AvgIpc) is 3.28. The van der Waals surface area contributed by atoms with Gasteiger partial charge in [-0.25, -0.2) is 0 Å². The van der Waals surface area contributed by atoms with Gasteiger partial charge in [0, 0.05) is 5.02 Å². The van der Waals surface area contributed by atoms with E-state index < -0.39 is 22.0 Å². The number of hydrogen-bond donors (Lipinski definition) is 1. The molecule has 0 spiro atoms. The normalized spacial score (nSPS) is 17.9. The van der Waals surface area contributed by atoms with E-state index >= 15 is 0 Å². The van der Waals surface area contributed by atoms with Crippen molar-refractivity contribution in [1.29, 1.82) is 0 Å². The van der Waals surface area contributed by atoms with Gasteiger partial charge in [-0.05, 0) is 47.5 Å². The summed E-state index contributed by atoms with van der Waals surface area (Å²) in [5, 5.41) is 13.9. The lowest BCUT2D eigenvalue weighted by molar-refractivity contribution is -0.0415. The third-order valence-electron chi connectivity index (χ3n) is 4.23. The average molecular weight is 433 g/mol. The van der Waals surface area contributed by atoms with E-state index in [0.29, 0.717) is 35.8 Å². The monoisotopic (exact) mass is 432 g/mol. The molecule has 2 aromatic rings. The first-order valence-corrected chi connectivity index (χ1v) is 11.5. The molecule has 6 nitrogen and oxygen atoms in total. The zero-order chi connectivity index (χ0) is 19.5. The van der Waals surface area contributed by atoms with Crippen LogP contribution in [0.3, 0.4) is 0 Å². The van der Waals surface area contributed by atoms with Crippen LogP contribution in [0.1, 0.15) is 35.1 Å². The van der Waals surface area contributed by atoms with Gasteiger partial charge in [-0.2, -0.15) is 8.42 Å². The molecule has 1 aromatic carbocycles. The summed E-state index contributed by atoms with van der Waals surface area (Å²) in [5.74, 6) is 0. The summed E-state index contributed by atoms with van der Waals surface area (Å²) in [4.78, 5) is 0.871. The minimum absolute atomic E-state index is 0.00640. The van der Waals surface area contributed by atoms with Crippen molar-refractivity contribution >= 4 is 33.1 Å². The Morgan fingerprint density at radius 1 is 1.30 bits per heavy atom. The first kappa shape index (κ1) is 20.7. The van der Waals surface area contributed by atoms with Gasteiger partial charge in [0.2, 0.25) is 0 Å². The molecule has 3 rings (SSSR count). The van der Waals surface area contributed by atoms with Crippen molar-refractivity contribution in [3.63, 3.8) is 0 Å². The number of halogens is 1. The van der Waals surface area contributed by atoms with Crippen molar-refractivity contribution in [3.8, 4) is 0 Å². The van der Waals surface area contributed by atoms with Gasteiger partial charge in [-0.1, -0.05) is 23.7 Å². The zero-order valence-electron chi connectivity index (χ0n) is 14.8. The molecule has 1 aliphatic rings. The van der Waals surface area contributed by atoms with Gasteiger partial charge < -0.3 is 14.6 Å². The number of ether oxygens (including phenoxy) is 2. The molecule has 0 radical (unpaired) electrons. The van der Waals surface area contributed by atoms with E-state index in [1.54, 1.807) is 24.3 Å². The highest BCUT2D eigenvalue weighted by Gasteiger charge is 2.34. The zero-order valence-corrected chi connectivity index (χ0v) is 17.1. The molecule has 1 N–H and O–H groups in total. The summed E-state index contributed by atoms with van der Waals surface area (Å²) < 4.78 is 38.2. The van der Waals surface area contributed by atoms with Gasteiger partial charge in [0.15, 0.2) is 6.29 Å². The second-order valence-corrected chi connectivity index (χ2v) is 9.33. The fraction of sp³-hybridized carbons (Fsp3) is 0.444. The first-order valence-electron chi connectivity index (χ1n) is 8.43. The van der Waals surface area contributed by atoms with E-state index in [0.717, 1.165) is 11.1 Å². The molecule has 148 valence electrons. The summed E-state index contributed by atoms with van der Waals surface area (Å²) in [6.45, 7) is 1.08. The van der Waals surface area contributed by atoms with Crippen LogP contribution < -0.4 is 0 Å². The Kier molecular flexibility index (Phi) is 6.58. The molecular weight excluding hydrogens is 412 g/mol. The molecular formula is C18H21ClO6S2. The van der Waals surface area contributed by atoms with Crippen LogP contribution in [0.2, 0.25) is 5.02 Å². The quantitative estimate of drug-likeness (QED) is 0.508. The minimum Gasteiger partial charge on any atom is -0.380 e. The van der Waals surface area contributed by atoms with Gasteiger partial charge in [0.05, 0.1) is 31.0 Å². The van der Waals surface area contributed by atoms with E-state index in [-0.39, 0.29) is 13.0 Å². The summed E-state index contributed by atoms with van der Waals surface area (Å²) in [7, 11) is -3.52. The lowest BCUT2D eigenvalue weighted by Crippen LogP contribution is -2.27. The van der Waals surface area contributed by atoms with Crippen LogP contribution in [0.15, 0.2) is 35.7 Å². The van der Waals surface area contributed by atoms with Gasteiger partial charge in [-0.3, -0.25) is 4.18 Å². The van der Waals surface area contributed by atoms with Crippen molar-refractivity contribution in [2.45, 2.75) is 24.7 Å². The maximum atomic E-state index is 11.5. The fourth-order valence-electron chi connectivity index (χ4n) is 2.96. The van der Waals surface area contributed by atoms with E-state index in [1.807, 2.05) is 11.4 Å². The van der Waals surface area contributed by atoms with Gasteiger partial charge in [0.1, 0.15) is 5.60 Å². The topological polar surface area (TPSA) is 82.1 Å². The number of benzene rings is 1. The number of aliphatic hydroxyl groups is 1. The Balaban J connectivity index is 1.85. The third-order valence-corrected chi connectivity index (χ3v) is 6.02. The highest BCUT2D eigenvalue weighted by atomic mass is 35.5. The molecule has 1 atom stereocenters. The van der Waals surface area contributed by atoms with Crippen molar-refractivity contribution in [3.05, 3.63) is 56.7 Å². The van der Waals surface area contributed by atoms with Gasteiger partial charge >= 0.3 is 0 Å². The highest BCUT2D eigenvalue weighted by Crippen LogP contribution is 2.40. The molecule has 0 saturated carbocycles. The second kappa shape index (κ2) is 8.57. The van der Waals surface area contributed by atoms with Gasteiger partial charge in [0.25, 0.3) is 10.1 Å². The molecule has 1 fully saturated rings. The Hall–Kier alpha value is -1.00. The SMILES string of the molecule is CS(=O)(=O)OCCCC(O)(c1cccc(Cl)c1)c1csc(C2OCCO2)c1. The summed E-state index contributed by atoms with van der Waals surface area (Å²) in [6, 6.07) is 8.87. The van der Waals surface area contributed by atoms with Crippen molar-refractivity contribution < 1.29 is 27.2 Å². The van der Waals surface area contributed by atoms with Gasteiger partial charge in [-0.15, -0.1) is 11.3 Å². The van der Waals surface area contributed by atoms with E-state index in [4.69, 9.17) is 25.3 Å². The molecule has 0 amide bonds. The van der Waals surface area contributed by atoms with Crippen molar-refractivity contribution in [2.24, 2.45) is 0 Å². The molecule has 27 heavy (non-hydrogen) atoms. The first-order chi connectivity index (χ1) is 12.8. The standard InChI is InChI=1S/C18H21ClO6S2/c1-27(21,22)25-7-3-6-18(20,13-4-2-5-15(19)10-13)14-11-16(26-12-14)17-23-8-9-24-17/h2,4-5,10-12,17,20H,3,6-9H2,1H3. The highest BCUT2D eigenvalue weighted by molar-refractivity contribution is 7.85. The van der Waals surface area contributed by atoms with E-state index in [9.17, 15) is 13.5 Å². The summed E-state index contributed by atoms with van der Waals surface area (Å²) in [5.41, 5.74) is -0.0192. The summed E-state index contributed by atoms with van der Waals surface area (Å²) in [6.07, 6.45) is 1.20. The molecule has 0 bridgehead atoms. The lowest BCUT2D eigenvalue weighted by Gasteiger charge is -2.28. The number of rotatable bonds is 8. The Labute approximate surface area is 167 Å². The van der Waals surface area contributed by atoms with Crippen LogP contribution in [0.4, 0.5) is 0 Å². The lowest BCUT2D eigenvalue weighted by atomic mass is 9.84. The van der Waals surface area contributed by atoms with Crippen LogP contribution in [0.5, 0.6) is 0 Å². The number of hydrogen-bond acceptors (Lipinski definition) is 7. The molecule has 0 aliphatic carbocycles. The van der Waals surface area contributed by atoms with Crippen LogP contribution in [-0.4, -0.2) is 39.6 Å². The predicted molar refractivity (Wildman–Crippen MR) is 103 cm³/mol.